The van der Waals surface area contributed by atoms with E-state index >= 15 is 0 Å². The number of amides is 1. The lowest BCUT2D eigenvalue weighted by atomic mass is 9.86. The molecule has 1 aromatic heterocycles. The molecule has 3 N–H and O–H groups in total. The molecule has 1 aliphatic carbocycles. The van der Waals surface area contributed by atoms with E-state index in [1.54, 1.807) is 12.3 Å². The van der Waals surface area contributed by atoms with Gasteiger partial charge in [0.2, 0.25) is 5.91 Å². The maximum atomic E-state index is 11.9. The average molecular weight is 291 g/mol. The molecule has 0 saturated heterocycles. The van der Waals surface area contributed by atoms with Crippen LogP contribution in [0.4, 0.5) is 11.5 Å². The molecule has 21 heavy (non-hydrogen) atoms. The Labute approximate surface area is 126 Å². The summed E-state index contributed by atoms with van der Waals surface area (Å²) in [6.45, 7) is 0.543. The molecule has 1 fully saturated rings. The van der Waals surface area contributed by atoms with E-state index in [0.29, 0.717) is 18.8 Å². The van der Waals surface area contributed by atoms with Crippen molar-refractivity contribution in [2.75, 3.05) is 23.8 Å². The molecule has 2 rings (SSSR count). The Hall–Kier alpha value is -1.62. The highest BCUT2D eigenvalue weighted by Gasteiger charge is 2.14. The summed E-state index contributed by atoms with van der Waals surface area (Å²) in [5.41, 5.74) is 0.721. The number of carbonyl (C=O) groups is 1. The van der Waals surface area contributed by atoms with Crippen LogP contribution < -0.4 is 10.6 Å². The number of carbonyl (C=O) groups excluding carboxylic acids is 1. The zero-order chi connectivity index (χ0) is 14.9. The van der Waals surface area contributed by atoms with Gasteiger partial charge in [0.05, 0.1) is 18.5 Å². The Kier molecular flexibility index (Phi) is 6.47. The van der Waals surface area contributed by atoms with Crippen molar-refractivity contribution in [1.29, 1.82) is 0 Å². The fraction of sp³-hybridized carbons (Fsp3) is 0.625. The Balaban J connectivity index is 1.71. The topological polar surface area (TPSA) is 74.2 Å². The monoisotopic (exact) mass is 291 g/mol. The lowest BCUT2D eigenvalue weighted by Crippen LogP contribution is -2.15. The molecule has 0 aromatic carbocycles. The van der Waals surface area contributed by atoms with Crippen LogP contribution in [0.1, 0.15) is 44.9 Å². The molecule has 1 aromatic rings. The van der Waals surface area contributed by atoms with Crippen molar-refractivity contribution in [2.45, 2.75) is 44.9 Å². The summed E-state index contributed by atoms with van der Waals surface area (Å²) in [6.07, 6.45) is 9.77. The van der Waals surface area contributed by atoms with Gasteiger partial charge in [0.25, 0.3) is 0 Å². The summed E-state index contributed by atoms with van der Waals surface area (Å²) in [5, 5.41) is 14.6. The second kappa shape index (κ2) is 8.62. The SMILES string of the molecule is O=C(CCC1CCCCC1)Nc1ccc(NCCO)nc1. The number of nitrogens with zero attached hydrogens (tertiary/aromatic N) is 1. The average Bonchev–Trinajstić information content (AvgIpc) is 2.53. The van der Waals surface area contributed by atoms with Gasteiger partial charge in [-0.1, -0.05) is 32.1 Å². The first-order valence-corrected chi connectivity index (χ1v) is 7.88. The number of nitrogens with one attached hydrogen (secondary N) is 2. The Morgan fingerprint density at radius 2 is 2.10 bits per heavy atom. The molecule has 5 nitrogen and oxygen atoms in total. The van der Waals surface area contributed by atoms with Gasteiger partial charge in [-0.15, -0.1) is 0 Å². The van der Waals surface area contributed by atoms with Crippen LogP contribution in [0.25, 0.3) is 0 Å². The molecule has 0 unspecified atom stereocenters. The summed E-state index contributed by atoms with van der Waals surface area (Å²) in [5.74, 6) is 1.50. The molecule has 1 saturated carbocycles. The van der Waals surface area contributed by atoms with Gasteiger partial charge < -0.3 is 15.7 Å². The molecule has 0 aliphatic heterocycles. The number of rotatable bonds is 7. The minimum absolute atomic E-state index is 0.0680. The van der Waals surface area contributed by atoms with E-state index in [0.717, 1.165) is 18.0 Å². The number of anilines is 2. The number of aliphatic hydroxyl groups excluding tert-OH is 1. The van der Waals surface area contributed by atoms with Crippen molar-refractivity contribution >= 4 is 17.4 Å². The quantitative estimate of drug-likeness (QED) is 0.722. The molecule has 116 valence electrons. The van der Waals surface area contributed by atoms with E-state index in [-0.39, 0.29) is 12.5 Å². The summed E-state index contributed by atoms with van der Waals surface area (Å²) < 4.78 is 0. The Bertz CT molecular complexity index is 428. The molecule has 0 radical (unpaired) electrons. The third-order valence-corrected chi connectivity index (χ3v) is 3.97. The molecule has 5 heteroatoms. The van der Waals surface area contributed by atoms with Crippen LogP contribution in [0.5, 0.6) is 0 Å². The van der Waals surface area contributed by atoms with Gasteiger partial charge in [-0.25, -0.2) is 4.98 Å². The second-order valence-electron chi connectivity index (χ2n) is 5.67. The van der Waals surface area contributed by atoms with E-state index in [4.69, 9.17) is 5.11 Å². The van der Waals surface area contributed by atoms with Crippen molar-refractivity contribution in [3.8, 4) is 0 Å². The molecule has 1 amide bonds. The van der Waals surface area contributed by atoms with Crippen LogP contribution in [-0.2, 0) is 4.79 Å². The third kappa shape index (κ3) is 5.71. The zero-order valence-electron chi connectivity index (χ0n) is 12.5. The first kappa shape index (κ1) is 15.8. The van der Waals surface area contributed by atoms with Gasteiger partial charge in [0, 0.05) is 13.0 Å². The molecule has 0 atom stereocenters. The predicted octanol–water partition coefficient (Wildman–Crippen LogP) is 2.78. The number of hydrogen-bond acceptors (Lipinski definition) is 4. The maximum Gasteiger partial charge on any atom is 0.224 e. The van der Waals surface area contributed by atoms with E-state index in [1.807, 2.05) is 6.07 Å². The molecule has 0 spiro atoms. The second-order valence-corrected chi connectivity index (χ2v) is 5.67. The van der Waals surface area contributed by atoms with Gasteiger partial charge in [-0.2, -0.15) is 0 Å². The molecule has 1 aliphatic rings. The van der Waals surface area contributed by atoms with Crippen molar-refractivity contribution in [2.24, 2.45) is 5.92 Å². The molecule has 1 heterocycles. The Morgan fingerprint density at radius 1 is 1.29 bits per heavy atom. The number of aliphatic hydroxyl groups is 1. The van der Waals surface area contributed by atoms with E-state index in [2.05, 4.69) is 15.6 Å². The minimum Gasteiger partial charge on any atom is -0.395 e. The summed E-state index contributed by atoms with van der Waals surface area (Å²) >= 11 is 0. The Morgan fingerprint density at radius 3 is 2.76 bits per heavy atom. The highest BCUT2D eigenvalue weighted by atomic mass is 16.3. The fourth-order valence-corrected chi connectivity index (χ4v) is 2.79. The lowest BCUT2D eigenvalue weighted by molar-refractivity contribution is -0.116. The first-order valence-electron chi connectivity index (χ1n) is 7.88. The predicted molar refractivity (Wildman–Crippen MR) is 84.3 cm³/mol. The largest absolute Gasteiger partial charge is 0.395 e. The minimum atomic E-state index is 0.0680. The lowest BCUT2D eigenvalue weighted by Gasteiger charge is -2.20. The summed E-state index contributed by atoms with van der Waals surface area (Å²) in [7, 11) is 0. The third-order valence-electron chi connectivity index (χ3n) is 3.97. The first-order chi connectivity index (χ1) is 10.3. The highest BCUT2D eigenvalue weighted by molar-refractivity contribution is 5.90. The molecule has 0 bridgehead atoms. The van der Waals surface area contributed by atoms with Gasteiger partial charge in [-0.05, 0) is 24.5 Å². The van der Waals surface area contributed by atoms with E-state index < -0.39 is 0 Å². The van der Waals surface area contributed by atoms with Crippen LogP contribution >= 0.6 is 0 Å². The van der Waals surface area contributed by atoms with Gasteiger partial charge in [-0.3, -0.25) is 4.79 Å². The van der Waals surface area contributed by atoms with Gasteiger partial charge in [0.15, 0.2) is 0 Å². The van der Waals surface area contributed by atoms with Gasteiger partial charge in [0.1, 0.15) is 5.82 Å². The number of aromatic nitrogens is 1. The van der Waals surface area contributed by atoms with Crippen LogP contribution in [-0.4, -0.2) is 29.1 Å². The van der Waals surface area contributed by atoms with Crippen LogP contribution in [0.2, 0.25) is 0 Å². The van der Waals surface area contributed by atoms with Crippen LogP contribution in [0.15, 0.2) is 18.3 Å². The number of hydrogen-bond donors (Lipinski definition) is 3. The maximum absolute atomic E-state index is 11.9. The fourth-order valence-electron chi connectivity index (χ4n) is 2.79. The van der Waals surface area contributed by atoms with Crippen molar-refractivity contribution in [3.63, 3.8) is 0 Å². The van der Waals surface area contributed by atoms with Crippen LogP contribution in [0, 0.1) is 5.92 Å². The summed E-state index contributed by atoms with van der Waals surface area (Å²) in [4.78, 5) is 16.1. The normalized spacial score (nSPS) is 15.7. The highest BCUT2D eigenvalue weighted by Crippen LogP contribution is 2.27. The van der Waals surface area contributed by atoms with E-state index in [1.165, 1.54) is 32.1 Å². The van der Waals surface area contributed by atoms with Crippen LogP contribution in [0.3, 0.4) is 0 Å². The van der Waals surface area contributed by atoms with Crippen molar-refractivity contribution in [1.82, 2.24) is 4.98 Å². The van der Waals surface area contributed by atoms with Gasteiger partial charge >= 0.3 is 0 Å². The molecular weight excluding hydrogens is 266 g/mol. The standard InChI is InChI=1S/C16H25N3O2/c20-11-10-17-15-8-7-14(12-18-15)19-16(21)9-6-13-4-2-1-3-5-13/h7-8,12-13,20H,1-6,9-11H2,(H,17,18)(H,19,21). The molecular formula is C16H25N3O2. The van der Waals surface area contributed by atoms with E-state index in [9.17, 15) is 4.79 Å². The smallest absolute Gasteiger partial charge is 0.224 e. The van der Waals surface area contributed by atoms with Crippen molar-refractivity contribution < 1.29 is 9.90 Å². The zero-order valence-corrected chi connectivity index (χ0v) is 12.5. The summed E-state index contributed by atoms with van der Waals surface area (Å²) in [6, 6.07) is 3.62. The number of pyridine rings is 1. The van der Waals surface area contributed by atoms with Crippen molar-refractivity contribution in [3.05, 3.63) is 18.3 Å².